The normalized spacial score (nSPS) is 12.4. The number of nitrogens with one attached hydrogen (secondary N) is 1. The second kappa shape index (κ2) is 10.3. The van der Waals surface area contributed by atoms with Gasteiger partial charge in [0.05, 0.1) is 18.2 Å². The Hall–Kier alpha value is -3.61. The minimum Gasteiger partial charge on any atom is -0.493 e. The number of ether oxygens (including phenoxy) is 2. The van der Waals surface area contributed by atoms with Crippen LogP contribution in [0.3, 0.4) is 0 Å². The first-order chi connectivity index (χ1) is 16.4. The van der Waals surface area contributed by atoms with Gasteiger partial charge in [0.25, 0.3) is 5.91 Å². The molecule has 3 rings (SSSR count). The van der Waals surface area contributed by atoms with E-state index in [-0.39, 0.29) is 17.6 Å². The summed E-state index contributed by atoms with van der Waals surface area (Å²) in [6, 6.07) is 5.80. The fraction of sp³-hybridized carbons (Fsp3) is 0.227. The highest BCUT2D eigenvalue weighted by Crippen LogP contribution is 2.38. The van der Waals surface area contributed by atoms with E-state index in [2.05, 4.69) is 15.5 Å². The van der Waals surface area contributed by atoms with Crippen molar-refractivity contribution in [2.75, 3.05) is 12.4 Å². The van der Waals surface area contributed by atoms with Crippen LogP contribution in [0.2, 0.25) is 0 Å². The van der Waals surface area contributed by atoms with E-state index in [0.717, 1.165) is 17.4 Å². The summed E-state index contributed by atoms with van der Waals surface area (Å²) in [5, 5.41) is 10.2. The smallest absolute Gasteiger partial charge is 0.416 e. The molecule has 186 valence electrons. The molecular formula is C22H17F6N3O3S. The number of carbonyl (C=O) groups excluding carboxylic acids is 1. The van der Waals surface area contributed by atoms with Gasteiger partial charge in [-0.2, -0.15) is 26.3 Å². The number of nitrogens with zero attached hydrogens (tertiary/aromatic N) is 2. The molecule has 13 heteroatoms. The van der Waals surface area contributed by atoms with Gasteiger partial charge in [0.1, 0.15) is 12.1 Å². The van der Waals surface area contributed by atoms with E-state index in [4.69, 9.17) is 9.47 Å². The minimum absolute atomic E-state index is 0.0550. The Balaban J connectivity index is 1.79. The van der Waals surface area contributed by atoms with E-state index in [1.165, 1.54) is 30.8 Å². The standard InChI is InChI=1S/C22H17F6N3O3S/c1-12(19(32)30-20-31-29-11-35-20)7-13-3-6-17(18(8-13)33-2)34-10-14-4-5-15(21(23,24)25)9-16(14)22(26,27)28/h3-9,11H,10H2,1-2H3,(H,30,31,32)/b12-7+. The first kappa shape index (κ1) is 26.0. The van der Waals surface area contributed by atoms with Gasteiger partial charge in [0.15, 0.2) is 11.5 Å². The van der Waals surface area contributed by atoms with Crippen molar-refractivity contribution in [3.63, 3.8) is 0 Å². The van der Waals surface area contributed by atoms with Crippen molar-refractivity contribution in [2.45, 2.75) is 25.9 Å². The molecule has 0 unspecified atom stereocenters. The molecule has 0 atom stereocenters. The van der Waals surface area contributed by atoms with Gasteiger partial charge < -0.3 is 9.47 Å². The monoisotopic (exact) mass is 517 g/mol. The Labute approximate surface area is 199 Å². The molecule has 35 heavy (non-hydrogen) atoms. The SMILES string of the molecule is COc1cc(/C=C(\C)C(=O)Nc2nncs2)ccc1OCc1ccc(C(F)(F)F)cc1C(F)(F)F. The van der Waals surface area contributed by atoms with Gasteiger partial charge in [0, 0.05) is 11.1 Å². The molecule has 1 amide bonds. The highest BCUT2D eigenvalue weighted by Gasteiger charge is 2.38. The zero-order valence-corrected chi connectivity index (χ0v) is 18.9. The van der Waals surface area contributed by atoms with Gasteiger partial charge in [-0.15, -0.1) is 10.2 Å². The lowest BCUT2D eigenvalue weighted by Gasteiger charge is -2.17. The summed E-state index contributed by atoms with van der Waals surface area (Å²) in [4.78, 5) is 12.2. The lowest BCUT2D eigenvalue weighted by atomic mass is 10.0. The van der Waals surface area contributed by atoms with Crippen molar-refractivity contribution >= 4 is 28.5 Å². The van der Waals surface area contributed by atoms with Crippen LogP contribution in [0.15, 0.2) is 47.5 Å². The lowest BCUT2D eigenvalue weighted by Crippen LogP contribution is -2.14. The number of rotatable bonds is 7. The first-order valence-corrected chi connectivity index (χ1v) is 10.6. The Morgan fingerprint density at radius 3 is 2.40 bits per heavy atom. The Morgan fingerprint density at radius 1 is 1.06 bits per heavy atom. The molecule has 0 fully saturated rings. The molecule has 6 nitrogen and oxygen atoms in total. The number of carbonyl (C=O) groups is 1. The number of benzene rings is 2. The van der Waals surface area contributed by atoms with Gasteiger partial charge in [-0.3, -0.25) is 10.1 Å². The number of methoxy groups -OCH3 is 1. The molecule has 0 bridgehead atoms. The zero-order chi connectivity index (χ0) is 25.8. The molecule has 0 aliphatic carbocycles. The summed E-state index contributed by atoms with van der Waals surface area (Å²) in [6.45, 7) is 0.915. The predicted octanol–water partition coefficient (Wildman–Crippen LogP) is 6.21. The van der Waals surface area contributed by atoms with Crippen molar-refractivity contribution in [1.82, 2.24) is 10.2 Å². The maximum Gasteiger partial charge on any atom is 0.416 e. The Morgan fingerprint density at radius 2 is 1.80 bits per heavy atom. The van der Waals surface area contributed by atoms with Gasteiger partial charge in [-0.05, 0) is 42.8 Å². The predicted molar refractivity (Wildman–Crippen MR) is 116 cm³/mol. The molecule has 1 N–H and O–H groups in total. The maximum absolute atomic E-state index is 13.4. The van der Waals surface area contributed by atoms with Crippen LogP contribution in [0.25, 0.3) is 6.08 Å². The van der Waals surface area contributed by atoms with Crippen LogP contribution in [0.5, 0.6) is 11.5 Å². The molecule has 0 aliphatic rings. The van der Waals surface area contributed by atoms with E-state index in [1.54, 1.807) is 13.0 Å². The van der Waals surface area contributed by atoms with Gasteiger partial charge >= 0.3 is 12.4 Å². The molecule has 0 saturated heterocycles. The first-order valence-electron chi connectivity index (χ1n) is 9.72. The van der Waals surface area contributed by atoms with Crippen molar-refractivity contribution < 1.29 is 40.6 Å². The molecule has 1 aromatic heterocycles. The molecule has 1 heterocycles. The third-order valence-electron chi connectivity index (χ3n) is 4.64. The average molecular weight is 517 g/mol. The van der Waals surface area contributed by atoms with Gasteiger partial charge in [0.2, 0.25) is 5.13 Å². The van der Waals surface area contributed by atoms with Gasteiger partial charge in [-0.1, -0.05) is 23.5 Å². The fourth-order valence-corrected chi connectivity index (χ4v) is 3.37. The second-order valence-electron chi connectivity index (χ2n) is 7.09. The van der Waals surface area contributed by atoms with E-state index < -0.39 is 41.6 Å². The quantitative estimate of drug-likeness (QED) is 0.298. The van der Waals surface area contributed by atoms with Crippen LogP contribution in [-0.4, -0.2) is 23.2 Å². The minimum atomic E-state index is -5.01. The van der Waals surface area contributed by atoms with Crippen LogP contribution < -0.4 is 14.8 Å². The highest BCUT2D eigenvalue weighted by molar-refractivity contribution is 7.13. The van der Waals surface area contributed by atoms with Crippen LogP contribution >= 0.6 is 11.3 Å². The molecular weight excluding hydrogens is 500 g/mol. The van der Waals surface area contributed by atoms with E-state index in [9.17, 15) is 31.1 Å². The summed E-state index contributed by atoms with van der Waals surface area (Å²) in [5.74, 6) is -0.201. The molecule has 0 saturated carbocycles. The van der Waals surface area contributed by atoms with Crippen LogP contribution in [0, 0.1) is 0 Å². The summed E-state index contributed by atoms with van der Waals surface area (Å²) >= 11 is 1.15. The lowest BCUT2D eigenvalue weighted by molar-refractivity contribution is -0.143. The number of alkyl halides is 6. The highest BCUT2D eigenvalue weighted by atomic mass is 32.1. The fourth-order valence-electron chi connectivity index (χ4n) is 2.93. The van der Waals surface area contributed by atoms with Crippen molar-refractivity contribution in [3.05, 3.63) is 69.7 Å². The molecule has 3 aromatic rings. The van der Waals surface area contributed by atoms with Crippen LogP contribution in [0.4, 0.5) is 31.5 Å². The largest absolute Gasteiger partial charge is 0.493 e. The summed E-state index contributed by atoms with van der Waals surface area (Å²) in [6.07, 6.45) is -8.38. The summed E-state index contributed by atoms with van der Waals surface area (Å²) in [7, 11) is 1.31. The number of aromatic nitrogens is 2. The van der Waals surface area contributed by atoms with Crippen molar-refractivity contribution in [3.8, 4) is 11.5 Å². The average Bonchev–Trinajstić information content (AvgIpc) is 3.29. The second-order valence-corrected chi connectivity index (χ2v) is 7.92. The number of hydrogen-bond donors (Lipinski definition) is 1. The van der Waals surface area contributed by atoms with E-state index in [1.807, 2.05) is 0 Å². The summed E-state index contributed by atoms with van der Waals surface area (Å²) < 4.78 is 89.3. The van der Waals surface area contributed by atoms with Crippen LogP contribution in [0.1, 0.15) is 29.2 Å². The van der Waals surface area contributed by atoms with Crippen molar-refractivity contribution in [1.29, 1.82) is 0 Å². The third kappa shape index (κ3) is 6.72. The van der Waals surface area contributed by atoms with E-state index in [0.29, 0.717) is 22.3 Å². The number of anilines is 1. The van der Waals surface area contributed by atoms with Crippen LogP contribution in [-0.2, 0) is 23.8 Å². The molecule has 0 aliphatic heterocycles. The number of amides is 1. The van der Waals surface area contributed by atoms with Crippen molar-refractivity contribution in [2.24, 2.45) is 0 Å². The molecule has 0 spiro atoms. The van der Waals surface area contributed by atoms with Gasteiger partial charge in [-0.25, -0.2) is 0 Å². The van der Waals surface area contributed by atoms with E-state index >= 15 is 0 Å². The zero-order valence-electron chi connectivity index (χ0n) is 18.1. The third-order valence-corrected chi connectivity index (χ3v) is 5.24. The number of hydrogen-bond acceptors (Lipinski definition) is 6. The molecule has 2 aromatic carbocycles. The summed E-state index contributed by atoms with van der Waals surface area (Å²) in [5.41, 5.74) is -1.00. The maximum atomic E-state index is 13.4. The number of halogens is 6. The Bertz CT molecular complexity index is 1220. The topological polar surface area (TPSA) is 73.3 Å². The Kier molecular flexibility index (Phi) is 7.68. The molecule has 0 radical (unpaired) electrons.